The first-order valence-corrected chi connectivity index (χ1v) is 7.37. The Morgan fingerprint density at radius 2 is 2.16 bits per heavy atom. The molecule has 2 saturated heterocycles. The first kappa shape index (κ1) is 14.5. The van der Waals surface area contributed by atoms with Gasteiger partial charge in [0.05, 0.1) is 12.5 Å². The summed E-state index contributed by atoms with van der Waals surface area (Å²) in [4.78, 5) is 24.5. The molecule has 0 bridgehead atoms. The normalized spacial score (nSPS) is 30.5. The van der Waals surface area contributed by atoms with Crippen molar-refractivity contribution in [2.75, 3.05) is 13.6 Å². The predicted molar refractivity (Wildman–Crippen MR) is 73.7 cm³/mol. The summed E-state index contributed by atoms with van der Waals surface area (Å²) in [7, 11) is 1.56. The van der Waals surface area contributed by atoms with Gasteiger partial charge >= 0.3 is 0 Å². The molecule has 3 atom stereocenters. The Bertz CT molecular complexity index is 338. The summed E-state index contributed by atoms with van der Waals surface area (Å²) < 4.78 is 0. The number of amides is 2. The molecule has 0 spiro atoms. The fourth-order valence-corrected chi connectivity index (χ4v) is 3.03. The van der Waals surface area contributed by atoms with Crippen LogP contribution in [0.25, 0.3) is 0 Å². The molecule has 19 heavy (non-hydrogen) atoms. The van der Waals surface area contributed by atoms with Crippen LogP contribution in [-0.2, 0) is 9.59 Å². The summed E-state index contributed by atoms with van der Waals surface area (Å²) in [6.07, 6.45) is 6.39. The number of hydrogen-bond donors (Lipinski definition) is 2. The summed E-state index contributed by atoms with van der Waals surface area (Å²) in [6.45, 7) is 3.20. The van der Waals surface area contributed by atoms with Gasteiger partial charge < -0.3 is 10.6 Å². The average molecular weight is 267 g/mol. The van der Waals surface area contributed by atoms with Crippen molar-refractivity contribution in [2.45, 2.75) is 63.6 Å². The van der Waals surface area contributed by atoms with E-state index in [1.807, 2.05) is 0 Å². The third-order valence-electron chi connectivity index (χ3n) is 4.17. The van der Waals surface area contributed by atoms with Gasteiger partial charge in [0, 0.05) is 19.1 Å². The lowest BCUT2D eigenvalue weighted by molar-refractivity contribution is -0.137. The van der Waals surface area contributed by atoms with E-state index in [1.165, 1.54) is 30.6 Å². The van der Waals surface area contributed by atoms with E-state index in [4.69, 9.17) is 0 Å². The van der Waals surface area contributed by atoms with Crippen molar-refractivity contribution in [3.05, 3.63) is 0 Å². The van der Waals surface area contributed by atoms with Gasteiger partial charge in [0.25, 0.3) is 0 Å². The van der Waals surface area contributed by atoms with Crippen molar-refractivity contribution in [3.8, 4) is 0 Å². The maximum atomic E-state index is 11.8. The van der Waals surface area contributed by atoms with Crippen LogP contribution >= 0.6 is 0 Å². The second-order valence-electron chi connectivity index (χ2n) is 5.85. The maximum Gasteiger partial charge on any atom is 0.246 e. The molecule has 0 aromatic heterocycles. The van der Waals surface area contributed by atoms with Crippen LogP contribution in [0.5, 0.6) is 0 Å². The molecule has 2 amide bonds. The lowest BCUT2D eigenvalue weighted by atomic mass is 10.0. The number of imide groups is 1. The summed E-state index contributed by atoms with van der Waals surface area (Å²) in [5.41, 5.74) is 0. The highest BCUT2D eigenvalue weighted by molar-refractivity contribution is 6.05. The van der Waals surface area contributed by atoms with E-state index in [2.05, 4.69) is 17.6 Å². The number of carbonyl (C=O) groups excluding carboxylic acids is 2. The minimum atomic E-state index is -0.321. The van der Waals surface area contributed by atoms with E-state index in [0.29, 0.717) is 12.5 Å². The van der Waals surface area contributed by atoms with Gasteiger partial charge in [0.1, 0.15) is 0 Å². The number of nitrogens with zero attached hydrogens (tertiary/aromatic N) is 1. The third-order valence-corrected chi connectivity index (χ3v) is 4.17. The Hall–Kier alpha value is -0.940. The largest absolute Gasteiger partial charge is 0.314 e. The zero-order valence-electron chi connectivity index (χ0n) is 11.9. The molecule has 2 rings (SSSR count). The van der Waals surface area contributed by atoms with E-state index < -0.39 is 0 Å². The molecule has 2 aliphatic rings. The fourth-order valence-electron chi connectivity index (χ4n) is 3.03. The molecule has 0 aromatic rings. The summed E-state index contributed by atoms with van der Waals surface area (Å²) >= 11 is 0. The van der Waals surface area contributed by atoms with Crippen molar-refractivity contribution in [1.82, 2.24) is 15.5 Å². The van der Waals surface area contributed by atoms with E-state index in [0.717, 1.165) is 13.0 Å². The van der Waals surface area contributed by atoms with Crippen LogP contribution in [0.15, 0.2) is 0 Å². The van der Waals surface area contributed by atoms with Crippen LogP contribution < -0.4 is 10.6 Å². The Morgan fingerprint density at radius 1 is 1.37 bits per heavy atom. The van der Waals surface area contributed by atoms with Crippen LogP contribution in [0, 0.1) is 0 Å². The molecule has 2 heterocycles. The Balaban J connectivity index is 1.79. The molecule has 2 aliphatic heterocycles. The molecular weight excluding hydrogens is 242 g/mol. The average Bonchev–Trinajstić information content (AvgIpc) is 2.61. The van der Waals surface area contributed by atoms with Gasteiger partial charge in [-0.1, -0.05) is 12.8 Å². The SMILES string of the molecule is CC(CC1CCCCCN1)NC1CC(=O)N(C)C1=O. The Morgan fingerprint density at radius 3 is 2.84 bits per heavy atom. The van der Waals surface area contributed by atoms with Crippen molar-refractivity contribution in [1.29, 1.82) is 0 Å². The number of carbonyl (C=O) groups is 2. The van der Waals surface area contributed by atoms with Crippen molar-refractivity contribution in [2.24, 2.45) is 0 Å². The molecule has 2 fully saturated rings. The number of likely N-dealkylation sites (tertiary alicyclic amines) is 1. The lowest BCUT2D eigenvalue weighted by Gasteiger charge is -2.23. The number of nitrogens with one attached hydrogen (secondary N) is 2. The molecule has 0 radical (unpaired) electrons. The van der Waals surface area contributed by atoms with Crippen LogP contribution in [0.3, 0.4) is 0 Å². The van der Waals surface area contributed by atoms with Crippen molar-refractivity contribution in [3.63, 3.8) is 0 Å². The van der Waals surface area contributed by atoms with Gasteiger partial charge in [-0.3, -0.25) is 14.5 Å². The zero-order chi connectivity index (χ0) is 13.8. The molecule has 108 valence electrons. The first-order valence-electron chi connectivity index (χ1n) is 7.37. The van der Waals surface area contributed by atoms with Crippen LogP contribution in [0.4, 0.5) is 0 Å². The number of likely N-dealkylation sites (N-methyl/N-ethyl adjacent to an activating group) is 1. The van der Waals surface area contributed by atoms with Crippen molar-refractivity contribution < 1.29 is 9.59 Å². The topological polar surface area (TPSA) is 61.4 Å². The summed E-state index contributed by atoms with van der Waals surface area (Å²) in [6, 6.07) is 0.470. The zero-order valence-corrected chi connectivity index (χ0v) is 11.9. The molecule has 0 aliphatic carbocycles. The minimum absolute atomic E-state index is 0.0812. The molecule has 0 saturated carbocycles. The van der Waals surface area contributed by atoms with Crippen LogP contribution in [-0.4, -0.2) is 48.4 Å². The quantitative estimate of drug-likeness (QED) is 0.734. The van der Waals surface area contributed by atoms with Gasteiger partial charge in [-0.2, -0.15) is 0 Å². The third kappa shape index (κ3) is 3.76. The Kier molecular flexibility index (Phi) is 4.93. The number of rotatable bonds is 4. The van der Waals surface area contributed by atoms with Gasteiger partial charge in [0.15, 0.2) is 0 Å². The molecule has 2 N–H and O–H groups in total. The van der Waals surface area contributed by atoms with E-state index >= 15 is 0 Å². The predicted octanol–water partition coefficient (Wildman–Crippen LogP) is 0.644. The molecule has 5 heteroatoms. The highest BCUT2D eigenvalue weighted by Crippen LogP contribution is 2.15. The minimum Gasteiger partial charge on any atom is -0.314 e. The molecule has 5 nitrogen and oxygen atoms in total. The second kappa shape index (κ2) is 6.48. The van der Waals surface area contributed by atoms with E-state index in [9.17, 15) is 9.59 Å². The maximum absolute atomic E-state index is 11.8. The summed E-state index contributed by atoms with van der Waals surface area (Å²) in [5.74, 6) is -0.173. The smallest absolute Gasteiger partial charge is 0.246 e. The standard InChI is InChI=1S/C14H25N3O2/c1-10(8-11-6-4-3-5-7-15-11)16-12-9-13(18)17(2)14(12)19/h10-12,15-16H,3-9H2,1-2H3. The fraction of sp³-hybridized carbons (Fsp3) is 0.857. The number of hydrogen-bond acceptors (Lipinski definition) is 4. The molecular formula is C14H25N3O2. The summed E-state index contributed by atoms with van der Waals surface area (Å²) in [5, 5.41) is 6.87. The van der Waals surface area contributed by atoms with Gasteiger partial charge in [0.2, 0.25) is 11.8 Å². The molecule has 0 aromatic carbocycles. The highest BCUT2D eigenvalue weighted by atomic mass is 16.2. The van der Waals surface area contributed by atoms with Gasteiger partial charge in [-0.15, -0.1) is 0 Å². The second-order valence-corrected chi connectivity index (χ2v) is 5.85. The molecule has 3 unspecified atom stereocenters. The van der Waals surface area contributed by atoms with Gasteiger partial charge in [-0.05, 0) is 32.7 Å². The van der Waals surface area contributed by atoms with E-state index in [-0.39, 0.29) is 23.9 Å². The van der Waals surface area contributed by atoms with Gasteiger partial charge in [-0.25, -0.2) is 0 Å². The monoisotopic (exact) mass is 267 g/mol. The van der Waals surface area contributed by atoms with Crippen molar-refractivity contribution >= 4 is 11.8 Å². The first-order chi connectivity index (χ1) is 9.08. The highest BCUT2D eigenvalue weighted by Gasteiger charge is 2.36. The lowest BCUT2D eigenvalue weighted by Crippen LogP contribution is -2.44. The van der Waals surface area contributed by atoms with Crippen LogP contribution in [0.1, 0.15) is 45.4 Å². The Labute approximate surface area is 115 Å². The van der Waals surface area contributed by atoms with Crippen LogP contribution in [0.2, 0.25) is 0 Å². The van der Waals surface area contributed by atoms with E-state index in [1.54, 1.807) is 7.05 Å².